The molecule has 1 fully saturated rings. The van der Waals surface area contributed by atoms with E-state index in [2.05, 4.69) is 6.08 Å². The molecule has 1 saturated carbocycles. The molecule has 0 aromatic rings. The topological polar surface area (TPSA) is 63.6 Å². The summed E-state index contributed by atoms with van der Waals surface area (Å²) in [6.45, 7) is 5.71. The number of carbonyl (C=O) groups is 2. The van der Waals surface area contributed by atoms with Crippen molar-refractivity contribution in [2.75, 3.05) is 6.61 Å². The molecule has 2 rings (SSSR count). The summed E-state index contributed by atoms with van der Waals surface area (Å²) in [6.07, 6.45) is 4.69. The second kappa shape index (κ2) is 6.08. The van der Waals surface area contributed by atoms with E-state index in [-0.39, 0.29) is 41.3 Å². The zero-order valence-electron chi connectivity index (χ0n) is 12.4. The zero-order valence-corrected chi connectivity index (χ0v) is 12.4. The van der Waals surface area contributed by atoms with Crippen LogP contribution in [0.25, 0.3) is 0 Å². The van der Waals surface area contributed by atoms with Crippen molar-refractivity contribution in [3.8, 4) is 0 Å². The Kier molecular flexibility index (Phi) is 4.63. The van der Waals surface area contributed by atoms with Crippen LogP contribution in [0.5, 0.6) is 0 Å². The van der Waals surface area contributed by atoms with Crippen LogP contribution in [-0.4, -0.2) is 29.6 Å². The highest BCUT2D eigenvalue weighted by Crippen LogP contribution is 2.45. The van der Waals surface area contributed by atoms with Gasteiger partial charge >= 0.3 is 5.97 Å². The molecule has 3 unspecified atom stereocenters. The molecule has 0 amide bonds. The number of rotatable bonds is 3. The Morgan fingerprint density at radius 3 is 2.60 bits per heavy atom. The number of aliphatic hydroxyl groups is 1. The van der Waals surface area contributed by atoms with Gasteiger partial charge in [0.25, 0.3) is 0 Å². The van der Waals surface area contributed by atoms with Crippen molar-refractivity contribution < 1.29 is 19.4 Å². The fourth-order valence-electron chi connectivity index (χ4n) is 3.76. The summed E-state index contributed by atoms with van der Waals surface area (Å²) in [7, 11) is 0. The minimum Gasteiger partial charge on any atom is -0.466 e. The van der Waals surface area contributed by atoms with E-state index < -0.39 is 6.10 Å². The van der Waals surface area contributed by atoms with Gasteiger partial charge in [0.15, 0.2) is 0 Å². The van der Waals surface area contributed by atoms with E-state index in [9.17, 15) is 14.7 Å². The van der Waals surface area contributed by atoms with Crippen LogP contribution in [-0.2, 0) is 14.3 Å². The zero-order chi connectivity index (χ0) is 14.9. The number of hydrogen-bond donors (Lipinski definition) is 1. The van der Waals surface area contributed by atoms with Gasteiger partial charge in [0.2, 0.25) is 0 Å². The largest absolute Gasteiger partial charge is 0.466 e. The summed E-state index contributed by atoms with van der Waals surface area (Å²) >= 11 is 0. The molecule has 112 valence electrons. The summed E-state index contributed by atoms with van der Waals surface area (Å²) < 4.78 is 5.17. The minimum atomic E-state index is -0.607. The van der Waals surface area contributed by atoms with Gasteiger partial charge in [0, 0.05) is 11.8 Å². The second-order valence-corrected chi connectivity index (χ2v) is 6.11. The molecule has 2 aliphatic carbocycles. The lowest BCUT2D eigenvalue weighted by molar-refractivity contribution is -0.157. The van der Waals surface area contributed by atoms with Gasteiger partial charge in [0.1, 0.15) is 5.78 Å². The second-order valence-electron chi connectivity index (χ2n) is 6.11. The van der Waals surface area contributed by atoms with Crippen LogP contribution >= 0.6 is 0 Å². The van der Waals surface area contributed by atoms with Gasteiger partial charge in [0.05, 0.1) is 18.6 Å². The number of allylic oxidation sites excluding steroid dienone is 2. The third kappa shape index (κ3) is 2.80. The van der Waals surface area contributed by atoms with Gasteiger partial charge in [-0.25, -0.2) is 0 Å². The van der Waals surface area contributed by atoms with Crippen LogP contribution in [0.1, 0.15) is 33.6 Å². The predicted octanol–water partition coefficient (Wildman–Crippen LogP) is 1.96. The molecular weight excluding hydrogens is 256 g/mol. The lowest BCUT2D eigenvalue weighted by Gasteiger charge is -2.44. The molecule has 1 N–H and O–H groups in total. The SMILES string of the molecule is CCOC(=O)[C@@H]1C2C(O)C[C@@H](C(C)=O)CC2C=C[C@@H]1C. The first kappa shape index (κ1) is 15.2. The van der Waals surface area contributed by atoms with Gasteiger partial charge in [-0.15, -0.1) is 0 Å². The normalized spacial score (nSPS) is 40.0. The molecule has 20 heavy (non-hydrogen) atoms. The molecule has 6 atom stereocenters. The molecule has 4 nitrogen and oxygen atoms in total. The van der Waals surface area contributed by atoms with Crippen molar-refractivity contribution in [1.82, 2.24) is 0 Å². The first-order valence-electron chi connectivity index (χ1n) is 7.49. The summed E-state index contributed by atoms with van der Waals surface area (Å²) in [5, 5.41) is 10.4. The molecule has 0 spiro atoms. The summed E-state index contributed by atoms with van der Waals surface area (Å²) in [5.41, 5.74) is 0. The Bertz CT molecular complexity index is 415. The van der Waals surface area contributed by atoms with Gasteiger partial charge in [-0.3, -0.25) is 9.59 Å². The molecule has 0 heterocycles. The van der Waals surface area contributed by atoms with Crippen molar-refractivity contribution in [1.29, 1.82) is 0 Å². The van der Waals surface area contributed by atoms with Crippen molar-refractivity contribution in [2.45, 2.75) is 39.7 Å². The third-order valence-electron chi connectivity index (χ3n) is 4.80. The maximum Gasteiger partial charge on any atom is 0.309 e. The van der Waals surface area contributed by atoms with Gasteiger partial charge < -0.3 is 9.84 Å². The molecule has 2 aliphatic rings. The summed E-state index contributed by atoms with van der Waals surface area (Å²) in [4.78, 5) is 23.8. The van der Waals surface area contributed by atoms with Crippen molar-refractivity contribution in [2.24, 2.45) is 29.6 Å². The highest BCUT2D eigenvalue weighted by Gasteiger charge is 2.47. The highest BCUT2D eigenvalue weighted by atomic mass is 16.5. The quantitative estimate of drug-likeness (QED) is 0.634. The molecule has 0 aliphatic heterocycles. The first-order valence-corrected chi connectivity index (χ1v) is 7.49. The standard InChI is InChI=1S/C16H24O4/c1-4-20-16(19)14-9(2)5-6-11-7-12(10(3)17)8-13(18)15(11)14/h5-6,9,11-15,18H,4,7-8H2,1-3H3/t9-,11?,12-,13?,14-,15?/m0/s1. The number of fused-ring (bicyclic) bond motifs is 1. The molecule has 0 aromatic heterocycles. The molecule has 0 bridgehead atoms. The van der Waals surface area contributed by atoms with Crippen LogP contribution < -0.4 is 0 Å². The molecular formula is C16H24O4. The van der Waals surface area contributed by atoms with Crippen molar-refractivity contribution >= 4 is 11.8 Å². The van der Waals surface area contributed by atoms with Crippen LogP contribution in [0.3, 0.4) is 0 Å². The minimum absolute atomic E-state index is 0.0684. The van der Waals surface area contributed by atoms with Crippen LogP contribution in [0.4, 0.5) is 0 Å². The Labute approximate surface area is 120 Å². The lowest BCUT2D eigenvalue weighted by Crippen LogP contribution is -2.48. The van der Waals surface area contributed by atoms with E-state index in [1.54, 1.807) is 13.8 Å². The average Bonchev–Trinajstić information content (AvgIpc) is 2.39. The van der Waals surface area contributed by atoms with Crippen molar-refractivity contribution in [3.63, 3.8) is 0 Å². The van der Waals surface area contributed by atoms with E-state index in [4.69, 9.17) is 4.74 Å². The van der Waals surface area contributed by atoms with E-state index in [1.807, 2.05) is 13.0 Å². The fourth-order valence-corrected chi connectivity index (χ4v) is 3.76. The van der Waals surface area contributed by atoms with E-state index in [1.165, 1.54) is 0 Å². The molecule has 0 aromatic carbocycles. The Morgan fingerprint density at radius 1 is 1.30 bits per heavy atom. The number of carbonyl (C=O) groups excluding carboxylic acids is 2. The third-order valence-corrected chi connectivity index (χ3v) is 4.80. The van der Waals surface area contributed by atoms with Crippen LogP contribution in [0.15, 0.2) is 12.2 Å². The van der Waals surface area contributed by atoms with Gasteiger partial charge in [-0.1, -0.05) is 19.1 Å². The van der Waals surface area contributed by atoms with E-state index in [0.717, 1.165) is 6.42 Å². The number of ether oxygens (including phenoxy) is 1. The average molecular weight is 280 g/mol. The number of esters is 1. The van der Waals surface area contributed by atoms with Crippen molar-refractivity contribution in [3.05, 3.63) is 12.2 Å². The smallest absolute Gasteiger partial charge is 0.309 e. The Morgan fingerprint density at radius 2 is 2.00 bits per heavy atom. The van der Waals surface area contributed by atoms with Crippen LogP contribution in [0, 0.1) is 29.6 Å². The number of Topliss-reactive ketones (excluding diaryl/α,β-unsaturated/α-hetero) is 1. The lowest BCUT2D eigenvalue weighted by atomic mass is 9.61. The van der Waals surface area contributed by atoms with Crippen LogP contribution in [0.2, 0.25) is 0 Å². The van der Waals surface area contributed by atoms with E-state index in [0.29, 0.717) is 13.0 Å². The Balaban J connectivity index is 2.23. The molecule has 4 heteroatoms. The van der Waals surface area contributed by atoms with E-state index >= 15 is 0 Å². The first-order chi connectivity index (χ1) is 9.45. The predicted molar refractivity (Wildman–Crippen MR) is 74.8 cm³/mol. The number of ketones is 1. The Hall–Kier alpha value is -1.16. The highest BCUT2D eigenvalue weighted by molar-refractivity contribution is 5.79. The van der Waals surface area contributed by atoms with Gasteiger partial charge in [-0.2, -0.15) is 0 Å². The molecule has 0 radical (unpaired) electrons. The summed E-state index contributed by atoms with van der Waals surface area (Å²) in [6, 6.07) is 0. The number of aliphatic hydroxyl groups excluding tert-OH is 1. The monoisotopic (exact) mass is 280 g/mol. The fraction of sp³-hybridized carbons (Fsp3) is 0.750. The number of hydrogen-bond acceptors (Lipinski definition) is 4. The maximum atomic E-state index is 12.2. The maximum absolute atomic E-state index is 12.2. The summed E-state index contributed by atoms with van der Waals surface area (Å²) in [5.74, 6) is -0.441. The molecule has 0 saturated heterocycles. The van der Waals surface area contributed by atoms with Gasteiger partial charge in [-0.05, 0) is 38.5 Å².